The molecule has 2 aromatic rings. The summed E-state index contributed by atoms with van der Waals surface area (Å²) in [4.78, 5) is 6.90. The van der Waals surface area contributed by atoms with Crippen molar-refractivity contribution in [2.75, 3.05) is 6.54 Å². The van der Waals surface area contributed by atoms with Gasteiger partial charge in [-0.25, -0.2) is 0 Å². The van der Waals surface area contributed by atoms with Crippen molar-refractivity contribution < 1.29 is 8.94 Å². The van der Waals surface area contributed by atoms with E-state index < -0.39 is 0 Å². The van der Waals surface area contributed by atoms with Crippen molar-refractivity contribution in [1.29, 1.82) is 0 Å². The molecule has 0 radical (unpaired) electrons. The van der Waals surface area contributed by atoms with Crippen molar-refractivity contribution in [3.63, 3.8) is 0 Å². The molecule has 1 saturated heterocycles. The van der Waals surface area contributed by atoms with Gasteiger partial charge in [-0.15, -0.1) is 10.2 Å². The summed E-state index contributed by atoms with van der Waals surface area (Å²) < 4.78 is 11.1. The fourth-order valence-corrected chi connectivity index (χ4v) is 2.92. The Balaban J connectivity index is 1.47. The molecular weight excluding hydrogens is 282 g/mol. The number of likely N-dealkylation sites (tertiary alicyclic amines) is 1. The summed E-state index contributed by atoms with van der Waals surface area (Å²) in [7, 11) is 0. The Bertz CT molecular complexity index is 646. The third-order valence-corrected chi connectivity index (χ3v) is 4.36. The second kappa shape index (κ2) is 5.46. The van der Waals surface area contributed by atoms with E-state index in [9.17, 15) is 0 Å². The lowest BCUT2D eigenvalue weighted by atomic mass is 10.2. The van der Waals surface area contributed by atoms with Crippen molar-refractivity contribution >= 4 is 0 Å². The van der Waals surface area contributed by atoms with Crippen LogP contribution in [0.4, 0.5) is 0 Å². The van der Waals surface area contributed by atoms with Crippen LogP contribution < -0.4 is 0 Å². The molecular formula is C15H21N5O2. The Morgan fingerprint density at radius 3 is 2.82 bits per heavy atom. The number of hydrogen-bond acceptors (Lipinski definition) is 7. The van der Waals surface area contributed by atoms with Gasteiger partial charge in [0.25, 0.3) is 0 Å². The Kier molecular flexibility index (Phi) is 3.44. The fraction of sp³-hybridized carbons (Fsp3) is 0.733. The molecule has 7 nitrogen and oxygen atoms in total. The van der Waals surface area contributed by atoms with Crippen molar-refractivity contribution in [2.45, 2.75) is 64.0 Å². The topological polar surface area (TPSA) is 81.1 Å². The van der Waals surface area contributed by atoms with Gasteiger partial charge in [-0.2, -0.15) is 4.98 Å². The summed E-state index contributed by atoms with van der Waals surface area (Å²) in [6, 6.07) is 0.200. The van der Waals surface area contributed by atoms with E-state index in [0.717, 1.165) is 31.1 Å². The SMILES string of the molecule is CC(C)c1nnc(CN2CCCC2c2noc(C3CC3)n2)o1. The van der Waals surface area contributed by atoms with Gasteiger partial charge >= 0.3 is 0 Å². The molecule has 0 aromatic carbocycles. The van der Waals surface area contributed by atoms with Crippen LogP contribution in [0.25, 0.3) is 0 Å². The van der Waals surface area contributed by atoms with Crippen LogP contribution in [-0.4, -0.2) is 31.8 Å². The summed E-state index contributed by atoms with van der Waals surface area (Å²) in [6.07, 6.45) is 4.53. The first-order valence-electron chi connectivity index (χ1n) is 8.10. The maximum Gasteiger partial charge on any atom is 0.230 e. The summed E-state index contributed by atoms with van der Waals surface area (Å²) in [5.74, 6) is 3.74. The zero-order chi connectivity index (χ0) is 15.1. The molecule has 7 heteroatoms. The number of aromatic nitrogens is 4. The molecule has 4 rings (SSSR count). The molecule has 2 aliphatic rings. The van der Waals surface area contributed by atoms with Crippen molar-refractivity contribution in [2.24, 2.45) is 0 Å². The van der Waals surface area contributed by atoms with Gasteiger partial charge in [-0.3, -0.25) is 4.90 Å². The maximum atomic E-state index is 5.72. The second-order valence-electron chi connectivity index (χ2n) is 6.58. The molecule has 0 amide bonds. The van der Waals surface area contributed by atoms with Gasteiger partial charge in [0.05, 0.1) is 12.6 Å². The number of hydrogen-bond donors (Lipinski definition) is 0. The van der Waals surface area contributed by atoms with E-state index in [1.54, 1.807) is 0 Å². The number of nitrogens with zero attached hydrogens (tertiary/aromatic N) is 5. The molecule has 1 aliphatic carbocycles. The van der Waals surface area contributed by atoms with E-state index in [-0.39, 0.29) is 12.0 Å². The van der Waals surface area contributed by atoms with E-state index in [1.165, 1.54) is 12.8 Å². The van der Waals surface area contributed by atoms with Gasteiger partial charge in [0.15, 0.2) is 5.82 Å². The lowest BCUT2D eigenvalue weighted by Gasteiger charge is -2.19. The standard InChI is InChI=1S/C15H21N5O2/c1-9(2)14-18-17-12(21-14)8-20-7-3-4-11(20)13-16-15(22-19-13)10-5-6-10/h9-11H,3-8H2,1-2H3. The minimum Gasteiger partial charge on any atom is -0.424 e. The quantitative estimate of drug-likeness (QED) is 0.840. The van der Waals surface area contributed by atoms with Crippen LogP contribution in [0.2, 0.25) is 0 Å². The van der Waals surface area contributed by atoms with Gasteiger partial charge in [-0.05, 0) is 32.2 Å². The molecule has 3 heterocycles. The zero-order valence-electron chi connectivity index (χ0n) is 13.0. The normalized spacial score (nSPS) is 22.8. The Labute approximate surface area is 129 Å². The van der Waals surface area contributed by atoms with Crippen molar-refractivity contribution in [3.05, 3.63) is 23.5 Å². The zero-order valence-corrected chi connectivity index (χ0v) is 13.0. The highest BCUT2D eigenvalue weighted by Gasteiger charge is 2.34. The minimum atomic E-state index is 0.200. The summed E-state index contributed by atoms with van der Waals surface area (Å²) in [5, 5.41) is 12.4. The van der Waals surface area contributed by atoms with Gasteiger partial charge < -0.3 is 8.94 Å². The predicted molar refractivity (Wildman–Crippen MR) is 77.0 cm³/mol. The largest absolute Gasteiger partial charge is 0.424 e. The average Bonchev–Trinajstić information content (AvgIpc) is 2.95. The predicted octanol–water partition coefficient (Wildman–Crippen LogP) is 2.79. The van der Waals surface area contributed by atoms with Gasteiger partial charge in [-0.1, -0.05) is 19.0 Å². The van der Waals surface area contributed by atoms with Crippen LogP contribution in [0.15, 0.2) is 8.94 Å². The van der Waals surface area contributed by atoms with E-state index in [1.807, 2.05) is 0 Å². The smallest absolute Gasteiger partial charge is 0.230 e. The average molecular weight is 303 g/mol. The molecule has 1 aliphatic heterocycles. The molecule has 0 bridgehead atoms. The van der Waals surface area contributed by atoms with Crippen LogP contribution in [0, 0.1) is 0 Å². The second-order valence-corrected chi connectivity index (χ2v) is 6.58. The molecule has 0 N–H and O–H groups in total. The highest BCUT2D eigenvalue weighted by atomic mass is 16.5. The molecule has 22 heavy (non-hydrogen) atoms. The van der Waals surface area contributed by atoms with E-state index in [4.69, 9.17) is 8.94 Å². The van der Waals surface area contributed by atoms with Gasteiger partial charge in [0.1, 0.15) is 0 Å². The van der Waals surface area contributed by atoms with E-state index in [0.29, 0.717) is 24.2 Å². The highest BCUT2D eigenvalue weighted by molar-refractivity contribution is 5.05. The van der Waals surface area contributed by atoms with Crippen LogP contribution in [0.3, 0.4) is 0 Å². The summed E-state index contributed by atoms with van der Waals surface area (Å²) in [6.45, 7) is 5.75. The lowest BCUT2D eigenvalue weighted by Crippen LogP contribution is -2.23. The van der Waals surface area contributed by atoms with Gasteiger partial charge in [0.2, 0.25) is 17.7 Å². The third-order valence-electron chi connectivity index (χ3n) is 4.36. The molecule has 118 valence electrons. The summed E-state index contributed by atoms with van der Waals surface area (Å²) in [5.41, 5.74) is 0. The first-order valence-corrected chi connectivity index (χ1v) is 8.10. The first-order chi connectivity index (χ1) is 10.7. The van der Waals surface area contributed by atoms with Crippen molar-refractivity contribution in [1.82, 2.24) is 25.2 Å². The molecule has 2 aromatic heterocycles. The summed E-state index contributed by atoms with van der Waals surface area (Å²) >= 11 is 0. The van der Waals surface area contributed by atoms with E-state index >= 15 is 0 Å². The fourth-order valence-electron chi connectivity index (χ4n) is 2.92. The Hall–Kier alpha value is -1.76. The van der Waals surface area contributed by atoms with Gasteiger partial charge in [0, 0.05) is 11.8 Å². The molecule has 0 spiro atoms. The molecule has 1 saturated carbocycles. The lowest BCUT2D eigenvalue weighted by molar-refractivity contribution is 0.210. The highest BCUT2D eigenvalue weighted by Crippen LogP contribution is 2.40. The van der Waals surface area contributed by atoms with Crippen LogP contribution in [0.1, 0.15) is 80.9 Å². The van der Waals surface area contributed by atoms with E-state index in [2.05, 4.69) is 39.1 Å². The van der Waals surface area contributed by atoms with Crippen LogP contribution in [-0.2, 0) is 6.54 Å². The number of rotatable bonds is 5. The minimum absolute atomic E-state index is 0.200. The molecule has 1 unspecified atom stereocenters. The first kappa shape index (κ1) is 13.9. The third kappa shape index (κ3) is 2.65. The molecule has 2 fully saturated rings. The Morgan fingerprint density at radius 1 is 1.23 bits per heavy atom. The van der Waals surface area contributed by atoms with Crippen LogP contribution in [0.5, 0.6) is 0 Å². The van der Waals surface area contributed by atoms with Crippen LogP contribution >= 0.6 is 0 Å². The van der Waals surface area contributed by atoms with Crippen molar-refractivity contribution in [3.8, 4) is 0 Å². The Morgan fingerprint density at radius 2 is 2.09 bits per heavy atom. The molecule has 1 atom stereocenters. The monoisotopic (exact) mass is 303 g/mol. The maximum absolute atomic E-state index is 5.72.